The Morgan fingerprint density at radius 1 is 0.868 bits per heavy atom. The number of carbonyl (C=O) groups excluding carboxylic acids is 1. The van der Waals surface area contributed by atoms with Crippen LogP contribution in [0, 0.1) is 0 Å². The molecule has 8 nitrogen and oxygen atoms in total. The first-order valence-corrected chi connectivity index (χ1v) is 15.0. The third kappa shape index (κ3) is 9.13. The van der Waals surface area contributed by atoms with Crippen LogP contribution in [-0.2, 0) is 21.4 Å². The van der Waals surface area contributed by atoms with E-state index in [1.165, 1.54) is 71.3 Å². The molecule has 0 unspecified atom stereocenters. The lowest BCUT2D eigenvalue weighted by molar-refractivity contribution is -0.121. The van der Waals surface area contributed by atoms with E-state index in [2.05, 4.69) is 10.5 Å². The molecule has 0 saturated heterocycles. The van der Waals surface area contributed by atoms with Crippen molar-refractivity contribution < 1.29 is 22.7 Å². The summed E-state index contributed by atoms with van der Waals surface area (Å²) in [6.07, 6.45) is 12.5. The van der Waals surface area contributed by atoms with E-state index in [0.717, 1.165) is 41.3 Å². The SMILES string of the molecule is COc1ccc(S(=O)(=O)N(CC(=O)NN=C2CCCCCCCCCCC2)Cc2ccccc2)c(OC)c1. The Morgan fingerprint density at radius 3 is 2.05 bits per heavy atom. The average molecular weight is 544 g/mol. The standard InChI is InChI=1S/C29H41N3O5S/c1-36-26-19-20-28(27(21-26)37-2)38(34,35)32(22-24-15-11-10-12-16-24)23-29(33)31-30-25-17-13-8-6-4-3-5-7-9-14-18-25/h10-12,15-16,19-21H,3-9,13-14,17-18,22-23H2,1-2H3,(H,31,33). The molecule has 1 fully saturated rings. The first-order chi connectivity index (χ1) is 18.4. The molecule has 2 aromatic carbocycles. The smallest absolute Gasteiger partial charge is 0.255 e. The van der Waals surface area contributed by atoms with Gasteiger partial charge in [-0.1, -0.05) is 75.3 Å². The van der Waals surface area contributed by atoms with Gasteiger partial charge in [0, 0.05) is 18.3 Å². The maximum atomic E-state index is 13.8. The van der Waals surface area contributed by atoms with Crippen molar-refractivity contribution in [2.75, 3.05) is 20.8 Å². The summed E-state index contributed by atoms with van der Waals surface area (Å²) >= 11 is 0. The molecule has 0 radical (unpaired) electrons. The van der Waals surface area contributed by atoms with Crippen molar-refractivity contribution in [2.45, 2.75) is 82.1 Å². The number of methoxy groups -OCH3 is 2. The van der Waals surface area contributed by atoms with E-state index >= 15 is 0 Å². The molecule has 9 heteroatoms. The van der Waals surface area contributed by atoms with Crippen molar-refractivity contribution in [3.8, 4) is 11.5 Å². The van der Waals surface area contributed by atoms with Crippen molar-refractivity contribution in [2.24, 2.45) is 5.10 Å². The molecule has 1 aliphatic carbocycles. The Hall–Kier alpha value is -2.91. The molecule has 0 atom stereocenters. The van der Waals surface area contributed by atoms with Crippen LogP contribution in [0.4, 0.5) is 0 Å². The first-order valence-electron chi connectivity index (χ1n) is 13.5. The third-order valence-electron chi connectivity index (χ3n) is 6.78. The fraction of sp³-hybridized carbons (Fsp3) is 0.517. The minimum atomic E-state index is -4.09. The number of amides is 1. The quantitative estimate of drug-likeness (QED) is 0.411. The second-order valence-electron chi connectivity index (χ2n) is 9.67. The Balaban J connectivity index is 1.78. The number of ether oxygens (including phenoxy) is 2. The van der Waals surface area contributed by atoms with Crippen molar-refractivity contribution in [3.63, 3.8) is 0 Å². The number of hydrogen-bond acceptors (Lipinski definition) is 6. The van der Waals surface area contributed by atoms with Gasteiger partial charge in [-0.15, -0.1) is 0 Å². The van der Waals surface area contributed by atoms with Gasteiger partial charge in [-0.3, -0.25) is 4.79 Å². The topological polar surface area (TPSA) is 97.3 Å². The summed E-state index contributed by atoms with van der Waals surface area (Å²) in [4.78, 5) is 13.0. The van der Waals surface area contributed by atoms with Crippen LogP contribution in [-0.4, -0.2) is 45.1 Å². The van der Waals surface area contributed by atoms with Gasteiger partial charge in [-0.25, -0.2) is 13.8 Å². The first kappa shape index (κ1) is 29.6. The summed E-state index contributed by atoms with van der Waals surface area (Å²) in [5.41, 5.74) is 4.39. The highest BCUT2D eigenvalue weighted by molar-refractivity contribution is 7.89. The number of carbonyl (C=O) groups is 1. The fourth-order valence-corrected chi connectivity index (χ4v) is 6.13. The van der Waals surface area contributed by atoms with Crippen molar-refractivity contribution >= 4 is 21.6 Å². The van der Waals surface area contributed by atoms with Gasteiger partial charge in [0.15, 0.2) is 0 Å². The van der Waals surface area contributed by atoms with Crippen LogP contribution >= 0.6 is 0 Å². The molecule has 2 aromatic rings. The predicted molar refractivity (Wildman–Crippen MR) is 150 cm³/mol. The maximum absolute atomic E-state index is 13.8. The van der Waals surface area contributed by atoms with Gasteiger partial charge >= 0.3 is 0 Å². The second kappa shape index (κ2) is 15.5. The second-order valence-corrected chi connectivity index (χ2v) is 11.6. The number of hydrogen-bond donors (Lipinski definition) is 1. The highest BCUT2D eigenvalue weighted by Gasteiger charge is 2.30. The zero-order valence-corrected chi connectivity index (χ0v) is 23.5. The number of hydrazone groups is 1. The van der Waals surface area contributed by atoms with E-state index in [1.807, 2.05) is 30.3 Å². The highest BCUT2D eigenvalue weighted by atomic mass is 32.2. The number of rotatable bonds is 9. The van der Waals surface area contributed by atoms with Crippen molar-refractivity contribution in [1.82, 2.24) is 9.73 Å². The lowest BCUT2D eigenvalue weighted by atomic mass is 10.00. The summed E-state index contributed by atoms with van der Waals surface area (Å²) < 4.78 is 39.2. The fourth-order valence-electron chi connectivity index (χ4n) is 4.61. The van der Waals surface area contributed by atoms with Crippen LogP contribution in [0.1, 0.15) is 76.2 Å². The average Bonchev–Trinajstić information content (AvgIpc) is 2.92. The minimum absolute atomic E-state index is 0.0301. The minimum Gasteiger partial charge on any atom is -0.497 e. The van der Waals surface area contributed by atoms with E-state index < -0.39 is 15.9 Å². The molecular weight excluding hydrogens is 502 g/mol. The van der Waals surface area contributed by atoms with Gasteiger partial charge in [0.2, 0.25) is 10.0 Å². The van der Waals surface area contributed by atoms with E-state index in [-0.39, 0.29) is 23.7 Å². The Labute approximate surface area is 227 Å². The third-order valence-corrected chi connectivity index (χ3v) is 8.61. The Bertz CT molecular complexity index is 1140. The van der Waals surface area contributed by atoms with E-state index in [4.69, 9.17) is 9.47 Å². The molecule has 3 rings (SSSR count). The summed E-state index contributed by atoms with van der Waals surface area (Å²) in [5.74, 6) is 0.146. The normalized spacial score (nSPS) is 15.7. The lowest BCUT2D eigenvalue weighted by Gasteiger charge is -2.23. The molecule has 0 spiro atoms. The summed E-state index contributed by atoms with van der Waals surface area (Å²) in [7, 11) is -1.19. The van der Waals surface area contributed by atoms with E-state index in [9.17, 15) is 13.2 Å². The molecule has 0 heterocycles. The Kier molecular flexibility index (Phi) is 12.1. The van der Waals surface area contributed by atoms with Crippen molar-refractivity contribution in [1.29, 1.82) is 0 Å². The van der Waals surface area contributed by atoms with Crippen LogP contribution in [0.2, 0.25) is 0 Å². The largest absolute Gasteiger partial charge is 0.497 e. The number of sulfonamides is 1. The zero-order chi connectivity index (χ0) is 27.2. The maximum Gasteiger partial charge on any atom is 0.255 e. The molecule has 208 valence electrons. The molecule has 0 aliphatic heterocycles. The molecule has 1 amide bonds. The zero-order valence-electron chi connectivity index (χ0n) is 22.7. The lowest BCUT2D eigenvalue weighted by Crippen LogP contribution is -2.39. The van der Waals surface area contributed by atoms with Crippen LogP contribution < -0.4 is 14.9 Å². The van der Waals surface area contributed by atoms with E-state index in [0.29, 0.717) is 5.75 Å². The summed E-state index contributed by atoms with van der Waals surface area (Å²) in [6.45, 7) is -0.342. The predicted octanol–water partition coefficient (Wildman–Crippen LogP) is 5.67. The number of nitrogens with zero attached hydrogens (tertiary/aromatic N) is 2. The highest BCUT2D eigenvalue weighted by Crippen LogP contribution is 2.31. The number of nitrogens with one attached hydrogen (secondary N) is 1. The van der Waals surface area contributed by atoms with Crippen LogP contribution in [0.15, 0.2) is 58.5 Å². The van der Waals surface area contributed by atoms with Gasteiger partial charge in [-0.05, 0) is 43.4 Å². The monoisotopic (exact) mass is 543 g/mol. The molecular formula is C29H41N3O5S. The number of benzene rings is 2. The van der Waals surface area contributed by atoms with Gasteiger partial charge in [0.25, 0.3) is 5.91 Å². The van der Waals surface area contributed by atoms with Crippen LogP contribution in [0.5, 0.6) is 11.5 Å². The molecule has 0 bridgehead atoms. The summed E-state index contributed by atoms with van der Waals surface area (Å²) in [6, 6.07) is 13.7. The molecule has 1 N–H and O–H groups in total. The van der Waals surface area contributed by atoms with Crippen LogP contribution in [0.3, 0.4) is 0 Å². The van der Waals surface area contributed by atoms with Gasteiger partial charge < -0.3 is 9.47 Å². The Morgan fingerprint density at radius 2 is 1.47 bits per heavy atom. The van der Waals surface area contributed by atoms with Gasteiger partial charge in [0.05, 0.1) is 20.8 Å². The molecule has 1 saturated carbocycles. The van der Waals surface area contributed by atoms with E-state index in [1.54, 1.807) is 6.07 Å². The van der Waals surface area contributed by atoms with Gasteiger partial charge in [0.1, 0.15) is 16.4 Å². The van der Waals surface area contributed by atoms with Crippen LogP contribution in [0.25, 0.3) is 0 Å². The molecule has 0 aromatic heterocycles. The van der Waals surface area contributed by atoms with Crippen molar-refractivity contribution in [3.05, 3.63) is 54.1 Å². The molecule has 1 aliphatic rings. The molecule has 38 heavy (non-hydrogen) atoms. The van der Waals surface area contributed by atoms with Gasteiger partial charge in [-0.2, -0.15) is 9.41 Å². The summed E-state index contributed by atoms with van der Waals surface area (Å²) in [5, 5.41) is 4.44.